The van der Waals surface area contributed by atoms with Crippen LogP contribution in [-0.2, 0) is 11.0 Å². The smallest absolute Gasteiger partial charge is 0.417 e. The minimum Gasteiger partial charge on any atom is -0.480 e. The van der Waals surface area contributed by atoms with Gasteiger partial charge in [0.1, 0.15) is 5.54 Å². The summed E-state index contributed by atoms with van der Waals surface area (Å²) in [6.07, 6.45) is -3.87. The highest BCUT2D eigenvalue weighted by molar-refractivity contribution is 5.82. The summed E-state index contributed by atoms with van der Waals surface area (Å²) >= 11 is 0. The summed E-state index contributed by atoms with van der Waals surface area (Å²) in [5.74, 6) is -1.15. The van der Waals surface area contributed by atoms with Crippen molar-refractivity contribution in [2.24, 2.45) is 0 Å². The van der Waals surface area contributed by atoms with Crippen molar-refractivity contribution < 1.29 is 23.1 Å². The molecular weight excluding hydrogens is 285 g/mol. The van der Waals surface area contributed by atoms with Crippen LogP contribution in [0.3, 0.4) is 0 Å². The Labute approximate surface area is 120 Å². The van der Waals surface area contributed by atoms with Gasteiger partial charge in [0, 0.05) is 5.69 Å². The number of alkyl halides is 3. The fraction of sp³-hybridized carbons (Fsp3) is 0.429. The Morgan fingerprint density at radius 2 is 2.05 bits per heavy atom. The van der Waals surface area contributed by atoms with E-state index in [1.54, 1.807) is 6.92 Å². The molecule has 0 aliphatic heterocycles. The average molecular weight is 300 g/mol. The quantitative estimate of drug-likeness (QED) is 0.871. The molecule has 0 fully saturated rings. The van der Waals surface area contributed by atoms with Crippen LogP contribution in [0.4, 0.5) is 18.9 Å². The summed E-state index contributed by atoms with van der Waals surface area (Å²) in [6, 6.07) is 4.53. The van der Waals surface area contributed by atoms with E-state index < -0.39 is 28.8 Å². The van der Waals surface area contributed by atoms with Crippen molar-refractivity contribution in [3.8, 4) is 6.07 Å². The highest BCUT2D eigenvalue weighted by Gasteiger charge is 2.36. The summed E-state index contributed by atoms with van der Waals surface area (Å²) in [5, 5.41) is 20.5. The number of nitrogens with one attached hydrogen (secondary N) is 1. The molecule has 4 nitrogen and oxygen atoms in total. The van der Waals surface area contributed by atoms with E-state index in [1.807, 2.05) is 0 Å². The number of benzene rings is 1. The highest BCUT2D eigenvalue weighted by Crippen LogP contribution is 2.34. The van der Waals surface area contributed by atoms with Crippen molar-refractivity contribution in [1.29, 1.82) is 5.26 Å². The topological polar surface area (TPSA) is 73.1 Å². The molecule has 0 bridgehead atoms. The molecule has 0 amide bonds. The number of rotatable bonds is 5. The maximum absolute atomic E-state index is 12.9. The third-order valence-corrected chi connectivity index (χ3v) is 3.09. The third-order valence-electron chi connectivity index (χ3n) is 3.09. The van der Waals surface area contributed by atoms with Gasteiger partial charge in [0.2, 0.25) is 0 Å². The van der Waals surface area contributed by atoms with E-state index in [9.17, 15) is 23.1 Å². The summed E-state index contributed by atoms with van der Waals surface area (Å²) in [6.45, 7) is 3.19. The largest absolute Gasteiger partial charge is 0.480 e. The molecule has 0 aromatic heterocycles. The number of carboxylic acids is 1. The molecule has 0 aliphatic rings. The second kappa shape index (κ2) is 6.04. The molecule has 114 valence electrons. The standard InChI is InChI=1S/C14H15F3N2O2/c1-3-6-13(2,12(20)21)19-10-5-4-9(8-18)11(7-10)14(15,16)17/h4-5,7,19H,3,6H2,1-2H3,(H,20,21). The summed E-state index contributed by atoms with van der Waals surface area (Å²) in [4.78, 5) is 11.3. The van der Waals surface area contributed by atoms with E-state index >= 15 is 0 Å². The predicted octanol–water partition coefficient (Wildman–Crippen LogP) is 3.63. The van der Waals surface area contributed by atoms with E-state index in [2.05, 4.69) is 5.32 Å². The van der Waals surface area contributed by atoms with Crippen LogP contribution >= 0.6 is 0 Å². The van der Waals surface area contributed by atoms with E-state index in [4.69, 9.17) is 5.26 Å². The monoisotopic (exact) mass is 300 g/mol. The zero-order chi connectivity index (χ0) is 16.3. The second-order valence-electron chi connectivity index (χ2n) is 4.88. The fourth-order valence-electron chi connectivity index (χ4n) is 2.00. The van der Waals surface area contributed by atoms with Crippen LogP contribution in [0.5, 0.6) is 0 Å². The van der Waals surface area contributed by atoms with Gasteiger partial charge in [0.15, 0.2) is 0 Å². The molecule has 7 heteroatoms. The summed E-state index contributed by atoms with van der Waals surface area (Å²) < 4.78 is 38.6. The van der Waals surface area contributed by atoms with Gasteiger partial charge >= 0.3 is 12.1 Å². The molecular formula is C14H15F3N2O2. The number of carboxylic acid groups (broad SMARTS) is 1. The van der Waals surface area contributed by atoms with Gasteiger partial charge in [-0.3, -0.25) is 0 Å². The molecule has 0 spiro atoms. The van der Waals surface area contributed by atoms with Gasteiger partial charge in [-0.25, -0.2) is 4.79 Å². The van der Waals surface area contributed by atoms with E-state index in [1.165, 1.54) is 19.1 Å². The normalized spacial score (nSPS) is 14.1. The molecule has 0 aliphatic carbocycles. The second-order valence-corrected chi connectivity index (χ2v) is 4.88. The molecule has 0 saturated heterocycles. The zero-order valence-electron chi connectivity index (χ0n) is 11.6. The number of carbonyl (C=O) groups is 1. The molecule has 1 rings (SSSR count). The van der Waals surface area contributed by atoms with Crippen molar-refractivity contribution in [3.63, 3.8) is 0 Å². The van der Waals surface area contributed by atoms with Gasteiger partial charge in [0.05, 0.1) is 17.2 Å². The molecule has 0 radical (unpaired) electrons. The molecule has 2 N–H and O–H groups in total. The molecule has 21 heavy (non-hydrogen) atoms. The van der Waals surface area contributed by atoms with Crippen LogP contribution in [0.1, 0.15) is 37.8 Å². The number of nitriles is 1. The van der Waals surface area contributed by atoms with Crippen LogP contribution in [-0.4, -0.2) is 16.6 Å². The van der Waals surface area contributed by atoms with Crippen LogP contribution in [0.15, 0.2) is 18.2 Å². The maximum Gasteiger partial charge on any atom is 0.417 e. The van der Waals surface area contributed by atoms with Crippen LogP contribution in [0.25, 0.3) is 0 Å². The lowest BCUT2D eigenvalue weighted by Gasteiger charge is -2.27. The van der Waals surface area contributed by atoms with Crippen LogP contribution in [0, 0.1) is 11.3 Å². The van der Waals surface area contributed by atoms with E-state index in [-0.39, 0.29) is 12.1 Å². The van der Waals surface area contributed by atoms with Gasteiger partial charge in [-0.2, -0.15) is 18.4 Å². The first kappa shape index (κ1) is 16.8. The van der Waals surface area contributed by atoms with Crippen molar-refractivity contribution in [3.05, 3.63) is 29.3 Å². The van der Waals surface area contributed by atoms with Crippen LogP contribution < -0.4 is 5.32 Å². The molecule has 1 atom stereocenters. The molecule has 1 aromatic rings. The lowest BCUT2D eigenvalue weighted by molar-refractivity contribution is -0.142. The maximum atomic E-state index is 12.9. The number of hydrogen-bond donors (Lipinski definition) is 2. The number of hydrogen-bond acceptors (Lipinski definition) is 3. The Morgan fingerprint density at radius 1 is 1.43 bits per heavy atom. The molecule has 1 aromatic carbocycles. The average Bonchev–Trinajstić information content (AvgIpc) is 2.37. The summed E-state index contributed by atoms with van der Waals surface area (Å²) in [5.41, 5.74) is -2.94. The van der Waals surface area contributed by atoms with Crippen molar-refractivity contribution in [2.75, 3.05) is 5.32 Å². The van der Waals surface area contributed by atoms with Crippen molar-refractivity contribution >= 4 is 11.7 Å². The highest BCUT2D eigenvalue weighted by atomic mass is 19.4. The number of aliphatic carboxylic acids is 1. The molecule has 1 unspecified atom stereocenters. The minimum atomic E-state index is -4.67. The number of halogens is 3. The van der Waals surface area contributed by atoms with Crippen molar-refractivity contribution in [1.82, 2.24) is 0 Å². The zero-order valence-corrected chi connectivity index (χ0v) is 11.6. The van der Waals surface area contributed by atoms with Gasteiger partial charge in [-0.15, -0.1) is 0 Å². The molecule has 0 saturated carbocycles. The van der Waals surface area contributed by atoms with Gasteiger partial charge in [-0.05, 0) is 31.5 Å². The minimum absolute atomic E-state index is 0.0136. The third kappa shape index (κ3) is 3.88. The Balaban J connectivity index is 3.22. The molecule has 0 heterocycles. The Morgan fingerprint density at radius 3 is 2.48 bits per heavy atom. The SMILES string of the molecule is CCCC(C)(Nc1ccc(C#N)c(C(F)(F)F)c1)C(=O)O. The Bertz CT molecular complexity index is 579. The number of anilines is 1. The van der Waals surface area contributed by atoms with Gasteiger partial charge in [-0.1, -0.05) is 13.3 Å². The lowest BCUT2D eigenvalue weighted by Crippen LogP contribution is -2.43. The van der Waals surface area contributed by atoms with Crippen LogP contribution in [0.2, 0.25) is 0 Å². The number of nitrogens with zero attached hydrogens (tertiary/aromatic N) is 1. The predicted molar refractivity (Wildman–Crippen MR) is 70.7 cm³/mol. The first-order chi connectivity index (χ1) is 9.64. The van der Waals surface area contributed by atoms with Gasteiger partial charge in [0.25, 0.3) is 0 Å². The van der Waals surface area contributed by atoms with E-state index in [0.717, 1.165) is 12.1 Å². The Hall–Kier alpha value is -2.23. The van der Waals surface area contributed by atoms with Gasteiger partial charge < -0.3 is 10.4 Å². The first-order valence-electron chi connectivity index (χ1n) is 6.27. The first-order valence-corrected chi connectivity index (χ1v) is 6.27. The fourth-order valence-corrected chi connectivity index (χ4v) is 2.00. The lowest BCUT2D eigenvalue weighted by atomic mass is 9.95. The van der Waals surface area contributed by atoms with Crippen molar-refractivity contribution in [2.45, 2.75) is 38.4 Å². The van der Waals surface area contributed by atoms with E-state index in [0.29, 0.717) is 6.42 Å². The Kier molecular flexibility index (Phi) is 4.84. The summed E-state index contributed by atoms with van der Waals surface area (Å²) in [7, 11) is 0.